The molecule has 0 aliphatic carbocycles. The van der Waals surface area contributed by atoms with E-state index in [1.807, 2.05) is 14.0 Å². The summed E-state index contributed by atoms with van der Waals surface area (Å²) in [5.74, 6) is -0.393. The van der Waals surface area contributed by atoms with E-state index >= 15 is 0 Å². The average molecular weight is 292 g/mol. The van der Waals surface area contributed by atoms with Crippen LogP contribution in [-0.4, -0.2) is 47.6 Å². The van der Waals surface area contributed by atoms with Crippen molar-refractivity contribution in [2.45, 2.75) is 13.8 Å². The molecule has 114 valence electrons. The molecule has 0 aliphatic rings. The summed E-state index contributed by atoms with van der Waals surface area (Å²) in [4.78, 5) is 16.4. The first kappa shape index (κ1) is 15.2. The Labute approximate surface area is 123 Å². The van der Waals surface area contributed by atoms with Crippen molar-refractivity contribution >= 4 is 22.7 Å². The van der Waals surface area contributed by atoms with Gasteiger partial charge >= 0.3 is 5.97 Å². The van der Waals surface area contributed by atoms with E-state index in [2.05, 4.69) is 15.4 Å². The number of hydrogen-bond acceptors (Lipinski definition) is 6. The summed E-state index contributed by atoms with van der Waals surface area (Å²) in [5, 5.41) is 8.42. The van der Waals surface area contributed by atoms with Crippen LogP contribution in [0.25, 0.3) is 11.0 Å². The number of pyridine rings is 1. The SMILES string of the molecule is CCOC(=O)c1cnc2c(c(C)nn2C)c1NCCOC. The van der Waals surface area contributed by atoms with Gasteiger partial charge in [0.1, 0.15) is 5.56 Å². The summed E-state index contributed by atoms with van der Waals surface area (Å²) < 4.78 is 11.8. The number of aryl methyl sites for hydroxylation is 2. The van der Waals surface area contributed by atoms with Crippen molar-refractivity contribution in [3.05, 3.63) is 17.5 Å². The lowest BCUT2D eigenvalue weighted by atomic mass is 10.1. The number of ether oxygens (including phenoxy) is 2. The number of rotatable bonds is 6. The Bertz CT molecular complexity index is 651. The Balaban J connectivity index is 2.54. The van der Waals surface area contributed by atoms with Gasteiger partial charge in [0.15, 0.2) is 5.65 Å². The summed E-state index contributed by atoms with van der Waals surface area (Å²) in [5.41, 5.74) is 2.64. The molecule has 2 aromatic rings. The number of carbonyl (C=O) groups excluding carboxylic acids is 1. The predicted octanol–water partition coefficient (Wildman–Crippen LogP) is 1.51. The molecule has 0 bridgehead atoms. The smallest absolute Gasteiger partial charge is 0.341 e. The minimum atomic E-state index is -0.393. The fourth-order valence-corrected chi connectivity index (χ4v) is 2.24. The van der Waals surface area contributed by atoms with E-state index in [0.29, 0.717) is 31.0 Å². The van der Waals surface area contributed by atoms with E-state index in [4.69, 9.17) is 9.47 Å². The first-order chi connectivity index (χ1) is 10.1. The van der Waals surface area contributed by atoms with Gasteiger partial charge in [-0.2, -0.15) is 5.10 Å². The molecule has 0 unspecified atom stereocenters. The van der Waals surface area contributed by atoms with Gasteiger partial charge in [-0.1, -0.05) is 0 Å². The summed E-state index contributed by atoms with van der Waals surface area (Å²) in [6.07, 6.45) is 1.52. The third kappa shape index (κ3) is 2.97. The van der Waals surface area contributed by atoms with Crippen molar-refractivity contribution in [2.75, 3.05) is 32.2 Å². The number of nitrogens with one attached hydrogen (secondary N) is 1. The van der Waals surface area contributed by atoms with Crippen molar-refractivity contribution in [3.63, 3.8) is 0 Å². The lowest BCUT2D eigenvalue weighted by Gasteiger charge is -2.12. The van der Waals surface area contributed by atoms with Crippen LogP contribution in [0.5, 0.6) is 0 Å². The van der Waals surface area contributed by atoms with E-state index in [1.54, 1.807) is 18.7 Å². The van der Waals surface area contributed by atoms with Gasteiger partial charge in [0, 0.05) is 26.9 Å². The molecule has 2 aromatic heterocycles. The second kappa shape index (κ2) is 6.53. The van der Waals surface area contributed by atoms with Crippen molar-refractivity contribution in [2.24, 2.45) is 7.05 Å². The molecule has 0 saturated carbocycles. The first-order valence-electron chi connectivity index (χ1n) is 6.82. The number of carbonyl (C=O) groups is 1. The lowest BCUT2D eigenvalue weighted by molar-refractivity contribution is 0.0527. The highest BCUT2D eigenvalue weighted by Gasteiger charge is 2.20. The largest absolute Gasteiger partial charge is 0.462 e. The van der Waals surface area contributed by atoms with Crippen LogP contribution in [-0.2, 0) is 16.5 Å². The molecule has 7 heteroatoms. The van der Waals surface area contributed by atoms with Gasteiger partial charge in [0.25, 0.3) is 0 Å². The number of hydrogen-bond donors (Lipinski definition) is 1. The quantitative estimate of drug-likeness (QED) is 0.642. The molecular weight excluding hydrogens is 272 g/mol. The van der Waals surface area contributed by atoms with Crippen LogP contribution in [0, 0.1) is 6.92 Å². The second-order valence-electron chi connectivity index (χ2n) is 4.59. The Hall–Kier alpha value is -2.15. The van der Waals surface area contributed by atoms with E-state index in [0.717, 1.165) is 16.7 Å². The number of fused-ring (bicyclic) bond motifs is 1. The number of methoxy groups -OCH3 is 1. The van der Waals surface area contributed by atoms with E-state index in [-0.39, 0.29) is 0 Å². The molecule has 7 nitrogen and oxygen atoms in total. The van der Waals surface area contributed by atoms with E-state index < -0.39 is 5.97 Å². The summed E-state index contributed by atoms with van der Waals surface area (Å²) >= 11 is 0. The highest BCUT2D eigenvalue weighted by atomic mass is 16.5. The Morgan fingerprint density at radius 1 is 1.48 bits per heavy atom. The molecule has 0 aromatic carbocycles. The van der Waals surface area contributed by atoms with Crippen LogP contribution < -0.4 is 5.32 Å². The molecule has 0 aliphatic heterocycles. The van der Waals surface area contributed by atoms with Crippen LogP contribution in [0.15, 0.2) is 6.20 Å². The molecule has 1 N–H and O–H groups in total. The molecule has 0 atom stereocenters. The molecule has 0 amide bonds. The minimum absolute atomic E-state index is 0.320. The van der Waals surface area contributed by atoms with Crippen LogP contribution in [0.3, 0.4) is 0 Å². The molecule has 21 heavy (non-hydrogen) atoms. The number of nitrogens with zero attached hydrogens (tertiary/aromatic N) is 3. The fourth-order valence-electron chi connectivity index (χ4n) is 2.24. The van der Waals surface area contributed by atoms with Gasteiger partial charge in [-0.25, -0.2) is 9.78 Å². The molecule has 0 saturated heterocycles. The average Bonchev–Trinajstić information content (AvgIpc) is 2.75. The lowest BCUT2D eigenvalue weighted by Crippen LogP contribution is -2.14. The van der Waals surface area contributed by atoms with E-state index in [9.17, 15) is 4.79 Å². The topological polar surface area (TPSA) is 78.3 Å². The number of aromatic nitrogens is 3. The predicted molar refractivity (Wildman–Crippen MR) is 79.6 cm³/mol. The van der Waals surface area contributed by atoms with Crippen molar-refractivity contribution in [3.8, 4) is 0 Å². The second-order valence-corrected chi connectivity index (χ2v) is 4.59. The first-order valence-corrected chi connectivity index (χ1v) is 6.82. The van der Waals surface area contributed by atoms with Gasteiger partial charge in [-0.05, 0) is 13.8 Å². The van der Waals surface area contributed by atoms with Crippen LogP contribution >= 0.6 is 0 Å². The molecule has 2 heterocycles. The van der Waals surface area contributed by atoms with Crippen molar-refractivity contribution < 1.29 is 14.3 Å². The molecule has 0 spiro atoms. The molecule has 0 radical (unpaired) electrons. The normalized spacial score (nSPS) is 10.9. The molecular formula is C14H20N4O3. The van der Waals surface area contributed by atoms with Crippen molar-refractivity contribution in [1.82, 2.24) is 14.8 Å². The zero-order chi connectivity index (χ0) is 15.4. The zero-order valence-corrected chi connectivity index (χ0v) is 12.8. The minimum Gasteiger partial charge on any atom is -0.462 e. The highest BCUT2D eigenvalue weighted by Crippen LogP contribution is 2.28. The van der Waals surface area contributed by atoms with Crippen LogP contribution in [0.4, 0.5) is 5.69 Å². The van der Waals surface area contributed by atoms with Gasteiger partial charge in [0.05, 0.1) is 30.0 Å². The fraction of sp³-hybridized carbons (Fsp3) is 0.500. The Kier molecular flexibility index (Phi) is 4.74. The van der Waals surface area contributed by atoms with Gasteiger partial charge < -0.3 is 14.8 Å². The monoisotopic (exact) mass is 292 g/mol. The van der Waals surface area contributed by atoms with Crippen molar-refractivity contribution in [1.29, 1.82) is 0 Å². The molecule has 0 fully saturated rings. The zero-order valence-electron chi connectivity index (χ0n) is 12.8. The number of esters is 1. The van der Waals surface area contributed by atoms with Crippen LogP contribution in [0.1, 0.15) is 23.0 Å². The Morgan fingerprint density at radius 2 is 2.24 bits per heavy atom. The third-order valence-corrected chi connectivity index (χ3v) is 3.13. The Morgan fingerprint density at radius 3 is 2.90 bits per heavy atom. The maximum Gasteiger partial charge on any atom is 0.341 e. The maximum absolute atomic E-state index is 12.1. The summed E-state index contributed by atoms with van der Waals surface area (Å²) in [6.45, 7) is 5.10. The standard InChI is InChI=1S/C14H20N4O3/c1-5-21-14(19)10-8-16-13-11(9(2)17-18(13)3)12(10)15-6-7-20-4/h8H,5-7H2,1-4H3,(H,15,16). The summed E-state index contributed by atoms with van der Waals surface area (Å²) in [6, 6.07) is 0. The van der Waals surface area contributed by atoms with Gasteiger partial charge in [-0.3, -0.25) is 4.68 Å². The molecule has 2 rings (SSSR count). The highest BCUT2D eigenvalue weighted by molar-refractivity contribution is 6.05. The van der Waals surface area contributed by atoms with Crippen LogP contribution in [0.2, 0.25) is 0 Å². The van der Waals surface area contributed by atoms with Gasteiger partial charge in [0.2, 0.25) is 0 Å². The van der Waals surface area contributed by atoms with Gasteiger partial charge in [-0.15, -0.1) is 0 Å². The maximum atomic E-state index is 12.1. The summed E-state index contributed by atoms with van der Waals surface area (Å²) in [7, 11) is 3.46. The van der Waals surface area contributed by atoms with E-state index in [1.165, 1.54) is 6.20 Å². The third-order valence-electron chi connectivity index (χ3n) is 3.13. The number of anilines is 1.